The van der Waals surface area contributed by atoms with Crippen molar-refractivity contribution in [3.8, 4) is 0 Å². The van der Waals surface area contributed by atoms with Gasteiger partial charge in [-0.05, 0) is 12.5 Å². The van der Waals surface area contributed by atoms with Crippen molar-refractivity contribution in [3.05, 3.63) is 28.8 Å². The van der Waals surface area contributed by atoms with E-state index in [1.807, 2.05) is 0 Å². The molecule has 13 heavy (non-hydrogen) atoms. The number of rotatable bonds is 2. The van der Waals surface area contributed by atoms with Crippen molar-refractivity contribution in [2.75, 3.05) is 0 Å². The van der Waals surface area contributed by atoms with Gasteiger partial charge in [0.05, 0.1) is 5.88 Å². The Morgan fingerprint density at radius 1 is 1.54 bits per heavy atom. The molecule has 5 heteroatoms. The van der Waals surface area contributed by atoms with Gasteiger partial charge in [-0.3, -0.25) is 4.98 Å². The number of pyridine rings is 1. The summed E-state index contributed by atoms with van der Waals surface area (Å²) in [4.78, 5) is 3.30. The van der Waals surface area contributed by atoms with Crippen molar-refractivity contribution in [1.82, 2.24) is 4.98 Å². The molecule has 0 saturated heterocycles. The second kappa shape index (κ2) is 3.96. The number of aromatic nitrogens is 1. The number of nitrogens with zero attached hydrogens (tertiary/aromatic N) is 1. The molecule has 1 aromatic heterocycles. The van der Waals surface area contributed by atoms with Crippen LogP contribution in [0.15, 0.2) is 6.20 Å². The third-order valence-electron chi connectivity index (χ3n) is 1.70. The Morgan fingerprint density at radius 3 is 2.62 bits per heavy atom. The fourth-order valence-corrected chi connectivity index (χ4v) is 1.27. The molecule has 0 aromatic carbocycles. The molecule has 0 aliphatic heterocycles. The molecule has 0 aliphatic rings. The van der Waals surface area contributed by atoms with Crippen LogP contribution in [0.3, 0.4) is 0 Å². The summed E-state index contributed by atoms with van der Waals surface area (Å²) in [6.07, 6.45) is -1.70. The van der Waals surface area contributed by atoms with E-state index in [0.717, 1.165) is 0 Å². The average molecular weight is 210 g/mol. The van der Waals surface area contributed by atoms with E-state index in [-0.39, 0.29) is 11.4 Å². The first-order valence-electron chi connectivity index (χ1n) is 3.56. The highest BCUT2D eigenvalue weighted by molar-refractivity contribution is 6.17. The predicted octanol–water partition coefficient (Wildman–Crippen LogP) is 3.21. The minimum Gasteiger partial charge on any atom is -0.252 e. The molecular formula is C8H7ClF3N. The van der Waals surface area contributed by atoms with Gasteiger partial charge in [-0.25, -0.2) is 13.2 Å². The van der Waals surface area contributed by atoms with Crippen LogP contribution in [-0.4, -0.2) is 4.98 Å². The van der Waals surface area contributed by atoms with E-state index in [2.05, 4.69) is 4.98 Å². The third kappa shape index (κ3) is 1.94. The van der Waals surface area contributed by atoms with Crippen molar-refractivity contribution in [3.63, 3.8) is 0 Å². The maximum atomic E-state index is 13.2. The molecule has 1 heterocycles. The van der Waals surface area contributed by atoms with E-state index in [4.69, 9.17) is 11.6 Å². The van der Waals surface area contributed by atoms with Gasteiger partial charge >= 0.3 is 0 Å². The summed E-state index contributed by atoms with van der Waals surface area (Å²) >= 11 is 5.40. The fraction of sp³-hybridized carbons (Fsp3) is 0.375. The van der Waals surface area contributed by atoms with Crippen molar-refractivity contribution < 1.29 is 13.2 Å². The van der Waals surface area contributed by atoms with Gasteiger partial charge in [0.25, 0.3) is 6.43 Å². The molecule has 1 rings (SSSR count). The van der Waals surface area contributed by atoms with E-state index >= 15 is 0 Å². The average Bonchev–Trinajstić information content (AvgIpc) is 2.04. The van der Waals surface area contributed by atoms with Gasteiger partial charge in [-0.2, -0.15) is 0 Å². The molecule has 0 radical (unpaired) electrons. The highest BCUT2D eigenvalue weighted by Crippen LogP contribution is 2.24. The van der Waals surface area contributed by atoms with Crippen molar-refractivity contribution in [2.24, 2.45) is 0 Å². The first-order valence-corrected chi connectivity index (χ1v) is 4.09. The Balaban J connectivity index is 3.27. The van der Waals surface area contributed by atoms with Crippen LogP contribution in [0, 0.1) is 12.7 Å². The zero-order chi connectivity index (χ0) is 10.0. The van der Waals surface area contributed by atoms with Crippen molar-refractivity contribution in [2.45, 2.75) is 19.2 Å². The molecular weight excluding hydrogens is 203 g/mol. The predicted molar refractivity (Wildman–Crippen MR) is 43.4 cm³/mol. The molecule has 0 bridgehead atoms. The van der Waals surface area contributed by atoms with Gasteiger partial charge in [0, 0.05) is 11.8 Å². The van der Waals surface area contributed by atoms with Crippen LogP contribution < -0.4 is 0 Å². The summed E-state index contributed by atoms with van der Waals surface area (Å²) in [5.41, 5.74) is -0.259. The first-order chi connectivity index (χ1) is 6.07. The lowest BCUT2D eigenvalue weighted by Crippen LogP contribution is -2.01. The maximum Gasteiger partial charge on any atom is 0.283 e. The van der Waals surface area contributed by atoms with E-state index in [1.54, 1.807) is 6.92 Å². The van der Waals surface area contributed by atoms with E-state index < -0.39 is 17.9 Å². The number of hydrogen-bond donors (Lipinski definition) is 0. The quantitative estimate of drug-likeness (QED) is 0.682. The second-order valence-electron chi connectivity index (χ2n) is 2.55. The SMILES string of the molecule is Cc1cnc(C(F)F)c(F)c1CCl. The van der Waals surface area contributed by atoms with Crippen LogP contribution in [0.1, 0.15) is 23.2 Å². The number of halogens is 4. The standard InChI is InChI=1S/C8H7ClF3N/c1-4-3-13-7(8(11)12)6(10)5(4)2-9/h3,8H,2H2,1H3. The van der Waals surface area contributed by atoms with Gasteiger partial charge in [0.2, 0.25) is 0 Å². The molecule has 0 N–H and O–H groups in total. The lowest BCUT2D eigenvalue weighted by molar-refractivity contribution is 0.140. The van der Waals surface area contributed by atoms with Gasteiger partial charge in [-0.15, -0.1) is 11.6 Å². The first kappa shape index (κ1) is 10.3. The van der Waals surface area contributed by atoms with Gasteiger partial charge in [-0.1, -0.05) is 0 Å². The van der Waals surface area contributed by atoms with Crippen LogP contribution in [0.25, 0.3) is 0 Å². The summed E-state index contributed by atoms with van der Waals surface area (Å²) < 4.78 is 37.4. The Labute approximate surface area is 78.5 Å². The minimum absolute atomic E-state index is 0.0898. The van der Waals surface area contributed by atoms with Crippen LogP contribution in [0.4, 0.5) is 13.2 Å². The molecule has 0 atom stereocenters. The molecule has 1 aromatic rings. The summed E-state index contributed by atoms with van der Waals surface area (Å²) in [7, 11) is 0. The van der Waals surface area contributed by atoms with Crippen molar-refractivity contribution >= 4 is 11.6 Å². The van der Waals surface area contributed by atoms with E-state index in [1.165, 1.54) is 6.20 Å². The molecule has 0 unspecified atom stereocenters. The Kier molecular flexibility index (Phi) is 3.14. The Bertz CT molecular complexity index is 315. The summed E-state index contributed by atoms with van der Waals surface area (Å²) in [5, 5.41) is 0. The van der Waals surface area contributed by atoms with E-state index in [9.17, 15) is 13.2 Å². The molecule has 1 nitrogen and oxygen atoms in total. The maximum absolute atomic E-state index is 13.2. The Morgan fingerprint density at radius 2 is 2.15 bits per heavy atom. The number of alkyl halides is 3. The highest BCUT2D eigenvalue weighted by Gasteiger charge is 2.18. The van der Waals surface area contributed by atoms with Gasteiger partial charge in [0.15, 0.2) is 5.82 Å². The fourth-order valence-electron chi connectivity index (χ4n) is 0.945. The lowest BCUT2D eigenvalue weighted by Gasteiger charge is -2.06. The van der Waals surface area contributed by atoms with Gasteiger partial charge in [0.1, 0.15) is 5.69 Å². The smallest absolute Gasteiger partial charge is 0.252 e. The highest BCUT2D eigenvalue weighted by atomic mass is 35.5. The molecule has 0 fully saturated rings. The summed E-state index contributed by atoms with van der Waals surface area (Å²) in [6.45, 7) is 1.57. The van der Waals surface area contributed by atoms with Gasteiger partial charge < -0.3 is 0 Å². The van der Waals surface area contributed by atoms with Crippen LogP contribution in [0.2, 0.25) is 0 Å². The number of aryl methyl sites for hydroxylation is 1. The zero-order valence-corrected chi connectivity index (χ0v) is 7.58. The molecule has 0 spiro atoms. The molecule has 0 saturated carbocycles. The number of hydrogen-bond acceptors (Lipinski definition) is 1. The second-order valence-corrected chi connectivity index (χ2v) is 2.82. The monoisotopic (exact) mass is 209 g/mol. The summed E-state index contributed by atoms with van der Waals surface area (Å²) in [6, 6.07) is 0. The van der Waals surface area contributed by atoms with Crippen molar-refractivity contribution in [1.29, 1.82) is 0 Å². The van der Waals surface area contributed by atoms with Crippen LogP contribution in [-0.2, 0) is 5.88 Å². The molecule has 72 valence electrons. The molecule has 0 aliphatic carbocycles. The third-order valence-corrected chi connectivity index (χ3v) is 1.97. The van der Waals surface area contributed by atoms with E-state index in [0.29, 0.717) is 5.56 Å². The minimum atomic E-state index is -2.90. The lowest BCUT2D eigenvalue weighted by atomic mass is 10.1. The van der Waals surface area contributed by atoms with Crippen LogP contribution in [0.5, 0.6) is 0 Å². The van der Waals surface area contributed by atoms with Crippen LogP contribution >= 0.6 is 11.6 Å². The molecule has 0 amide bonds. The normalized spacial score (nSPS) is 10.9. The topological polar surface area (TPSA) is 12.9 Å². The Hall–Kier alpha value is -0.770. The zero-order valence-electron chi connectivity index (χ0n) is 6.82. The largest absolute Gasteiger partial charge is 0.283 e. The summed E-state index contributed by atoms with van der Waals surface area (Å²) in [5.74, 6) is -1.12.